The van der Waals surface area contributed by atoms with Gasteiger partial charge in [-0.1, -0.05) is 19.1 Å². The summed E-state index contributed by atoms with van der Waals surface area (Å²) in [7, 11) is -0.435. The number of rotatable bonds is 3. The molecular formula is C19H26BNO4. The fraction of sp³-hybridized carbons (Fsp3) is 0.632. The number of fused-ring (bicyclic) bond motifs is 1. The Morgan fingerprint density at radius 1 is 1.08 bits per heavy atom. The fourth-order valence-corrected chi connectivity index (χ4v) is 3.63. The Morgan fingerprint density at radius 2 is 1.72 bits per heavy atom. The van der Waals surface area contributed by atoms with Crippen LogP contribution in [0, 0.1) is 5.41 Å². The second-order valence-corrected chi connectivity index (χ2v) is 8.97. The van der Waals surface area contributed by atoms with E-state index < -0.39 is 7.12 Å². The van der Waals surface area contributed by atoms with Gasteiger partial charge in [0.05, 0.1) is 24.4 Å². The summed E-state index contributed by atoms with van der Waals surface area (Å²) in [6.07, 6.45) is 0. The van der Waals surface area contributed by atoms with Gasteiger partial charge in [0.1, 0.15) is 0 Å². The van der Waals surface area contributed by atoms with Crippen LogP contribution in [0.1, 0.15) is 50.5 Å². The number of carbonyl (C=O) groups is 1. The van der Waals surface area contributed by atoms with Gasteiger partial charge < -0.3 is 18.9 Å². The topological polar surface area (TPSA) is 48.0 Å². The van der Waals surface area contributed by atoms with Crippen LogP contribution in [-0.2, 0) is 20.6 Å². The number of benzene rings is 1. The van der Waals surface area contributed by atoms with Crippen LogP contribution in [0.2, 0.25) is 0 Å². The lowest BCUT2D eigenvalue weighted by Crippen LogP contribution is -2.48. The lowest BCUT2D eigenvalue weighted by molar-refractivity contribution is -0.111. The van der Waals surface area contributed by atoms with E-state index in [0.29, 0.717) is 6.54 Å². The molecule has 3 aliphatic heterocycles. The molecule has 0 atom stereocenters. The smallest absolute Gasteiger partial charge is 0.399 e. The molecule has 3 heterocycles. The maximum atomic E-state index is 12.8. The van der Waals surface area contributed by atoms with Crippen molar-refractivity contribution in [2.75, 3.05) is 19.8 Å². The highest BCUT2D eigenvalue weighted by Gasteiger charge is 2.52. The van der Waals surface area contributed by atoms with Gasteiger partial charge in [-0.3, -0.25) is 4.79 Å². The zero-order valence-corrected chi connectivity index (χ0v) is 15.7. The van der Waals surface area contributed by atoms with Gasteiger partial charge in [-0.15, -0.1) is 0 Å². The quantitative estimate of drug-likeness (QED) is 0.788. The van der Waals surface area contributed by atoms with Gasteiger partial charge in [0, 0.05) is 24.1 Å². The largest absolute Gasteiger partial charge is 0.494 e. The van der Waals surface area contributed by atoms with E-state index in [1.165, 1.54) is 0 Å². The van der Waals surface area contributed by atoms with Crippen molar-refractivity contribution in [1.82, 2.24) is 4.90 Å². The maximum absolute atomic E-state index is 12.8. The molecule has 2 saturated heterocycles. The van der Waals surface area contributed by atoms with Crippen LogP contribution in [0.5, 0.6) is 0 Å². The highest BCUT2D eigenvalue weighted by Crippen LogP contribution is 2.37. The van der Waals surface area contributed by atoms with Crippen molar-refractivity contribution in [2.24, 2.45) is 5.41 Å². The molecule has 4 rings (SSSR count). The Hall–Kier alpha value is -1.37. The van der Waals surface area contributed by atoms with E-state index >= 15 is 0 Å². The van der Waals surface area contributed by atoms with Gasteiger partial charge in [0.25, 0.3) is 5.91 Å². The fourth-order valence-electron chi connectivity index (χ4n) is 3.63. The third-order valence-electron chi connectivity index (χ3n) is 6.01. The predicted molar refractivity (Wildman–Crippen MR) is 95.8 cm³/mol. The molecule has 25 heavy (non-hydrogen) atoms. The number of nitrogens with zero attached hydrogens (tertiary/aromatic N) is 1. The van der Waals surface area contributed by atoms with Crippen LogP contribution in [0.25, 0.3) is 0 Å². The molecule has 0 aromatic heterocycles. The monoisotopic (exact) mass is 343 g/mol. The molecule has 2 fully saturated rings. The zero-order chi connectivity index (χ0) is 18.0. The van der Waals surface area contributed by atoms with E-state index in [1.807, 2.05) is 50.8 Å². The first-order valence-corrected chi connectivity index (χ1v) is 8.96. The van der Waals surface area contributed by atoms with E-state index in [4.69, 9.17) is 14.0 Å². The third-order valence-corrected chi connectivity index (χ3v) is 6.01. The van der Waals surface area contributed by atoms with Gasteiger partial charge in [0.2, 0.25) is 0 Å². The Balaban J connectivity index is 1.55. The average Bonchev–Trinajstić information content (AvgIpc) is 2.91. The van der Waals surface area contributed by atoms with Crippen molar-refractivity contribution in [2.45, 2.75) is 52.4 Å². The predicted octanol–water partition coefficient (Wildman–Crippen LogP) is 1.98. The summed E-state index contributed by atoms with van der Waals surface area (Å²) in [4.78, 5) is 14.8. The first kappa shape index (κ1) is 17.1. The molecule has 0 radical (unpaired) electrons. The molecule has 0 aliphatic carbocycles. The van der Waals surface area contributed by atoms with Crippen LogP contribution in [0.4, 0.5) is 0 Å². The normalized spacial score (nSPS) is 25.9. The summed E-state index contributed by atoms with van der Waals surface area (Å²) in [5.74, 6) is 0.0986. The molecule has 3 aliphatic rings. The molecule has 0 spiro atoms. The summed E-state index contributed by atoms with van der Waals surface area (Å²) in [5.41, 5.74) is 2.08. The molecule has 134 valence electrons. The first-order chi connectivity index (χ1) is 11.6. The lowest BCUT2D eigenvalue weighted by Gasteiger charge is -2.40. The number of hydrogen-bond acceptors (Lipinski definition) is 4. The highest BCUT2D eigenvalue weighted by molar-refractivity contribution is 6.62. The van der Waals surface area contributed by atoms with E-state index in [2.05, 4.69) is 6.92 Å². The van der Waals surface area contributed by atoms with Crippen LogP contribution in [-0.4, -0.2) is 48.9 Å². The minimum Gasteiger partial charge on any atom is -0.399 e. The summed E-state index contributed by atoms with van der Waals surface area (Å²) >= 11 is 0. The Morgan fingerprint density at radius 3 is 2.28 bits per heavy atom. The second-order valence-electron chi connectivity index (χ2n) is 8.97. The molecule has 0 saturated carbocycles. The molecule has 0 unspecified atom stereocenters. The zero-order valence-electron chi connectivity index (χ0n) is 15.7. The molecule has 0 bridgehead atoms. The molecule has 0 N–H and O–H groups in total. The summed E-state index contributed by atoms with van der Waals surface area (Å²) in [6, 6.07) is 6.00. The Bertz CT molecular complexity index is 710. The van der Waals surface area contributed by atoms with Gasteiger partial charge in [0.15, 0.2) is 0 Å². The third kappa shape index (κ3) is 2.71. The SMILES string of the molecule is CC1(CN2Cc3ccc(B4OC(C)(C)C(C)(C)O4)cc3C2=O)COC1. The van der Waals surface area contributed by atoms with Crippen LogP contribution in [0.15, 0.2) is 18.2 Å². The number of ether oxygens (including phenoxy) is 1. The first-order valence-electron chi connectivity index (χ1n) is 8.96. The maximum Gasteiger partial charge on any atom is 0.494 e. The van der Waals surface area contributed by atoms with Gasteiger partial charge in [-0.2, -0.15) is 0 Å². The van der Waals surface area contributed by atoms with E-state index in [0.717, 1.165) is 36.3 Å². The van der Waals surface area contributed by atoms with E-state index in [1.54, 1.807) is 0 Å². The minimum atomic E-state index is -0.435. The van der Waals surface area contributed by atoms with Crippen molar-refractivity contribution in [3.8, 4) is 0 Å². The summed E-state index contributed by atoms with van der Waals surface area (Å²) in [6.45, 7) is 13.2. The minimum absolute atomic E-state index is 0.0895. The summed E-state index contributed by atoms with van der Waals surface area (Å²) in [5, 5.41) is 0. The molecule has 1 aromatic rings. The molecular weight excluding hydrogens is 317 g/mol. The highest BCUT2D eigenvalue weighted by atomic mass is 16.7. The van der Waals surface area contributed by atoms with Crippen molar-refractivity contribution in [1.29, 1.82) is 0 Å². The summed E-state index contributed by atoms with van der Waals surface area (Å²) < 4.78 is 17.5. The molecule has 1 aromatic carbocycles. The average molecular weight is 343 g/mol. The van der Waals surface area contributed by atoms with Crippen molar-refractivity contribution < 1.29 is 18.8 Å². The van der Waals surface area contributed by atoms with E-state index in [9.17, 15) is 4.79 Å². The van der Waals surface area contributed by atoms with Gasteiger partial charge in [-0.05, 0) is 44.8 Å². The molecule has 5 nitrogen and oxygen atoms in total. The van der Waals surface area contributed by atoms with Crippen LogP contribution >= 0.6 is 0 Å². The number of hydrogen-bond donors (Lipinski definition) is 0. The Labute approximate surface area is 149 Å². The molecule has 6 heteroatoms. The second kappa shape index (κ2) is 5.32. The van der Waals surface area contributed by atoms with Crippen molar-refractivity contribution >= 4 is 18.5 Å². The van der Waals surface area contributed by atoms with Crippen LogP contribution in [0.3, 0.4) is 0 Å². The van der Waals surface area contributed by atoms with E-state index in [-0.39, 0.29) is 22.5 Å². The lowest BCUT2D eigenvalue weighted by atomic mass is 9.78. The van der Waals surface area contributed by atoms with Crippen molar-refractivity contribution in [3.05, 3.63) is 29.3 Å². The van der Waals surface area contributed by atoms with Gasteiger partial charge >= 0.3 is 7.12 Å². The number of carbonyl (C=O) groups excluding carboxylic acids is 1. The number of amides is 1. The standard InChI is InChI=1S/C19H26BNO4/c1-17(2)18(3,4)25-20(24-17)14-7-6-13-9-21(16(22)15(13)8-14)10-19(5)11-23-12-19/h6-8H,9-12H2,1-5H3. The van der Waals surface area contributed by atoms with Gasteiger partial charge in [-0.25, -0.2) is 0 Å². The Kier molecular flexibility index (Phi) is 3.63. The van der Waals surface area contributed by atoms with Crippen molar-refractivity contribution in [3.63, 3.8) is 0 Å². The molecule has 1 amide bonds. The van der Waals surface area contributed by atoms with Crippen LogP contribution < -0.4 is 5.46 Å².